The first-order valence-electron chi connectivity index (χ1n) is 8.80. The highest BCUT2D eigenvalue weighted by atomic mass is 15.2. The number of hydrogen-bond donors (Lipinski definition) is 1. The van der Waals surface area contributed by atoms with Gasteiger partial charge in [-0.2, -0.15) is 15.5 Å². The minimum atomic E-state index is 0.491. The van der Waals surface area contributed by atoms with Crippen molar-refractivity contribution >= 4 is 5.52 Å². The van der Waals surface area contributed by atoms with Gasteiger partial charge in [0.15, 0.2) is 0 Å². The molecule has 0 saturated carbocycles. The normalized spacial score (nSPS) is 14.2. The van der Waals surface area contributed by atoms with Crippen LogP contribution in [0.25, 0.3) is 27.8 Å². The molecule has 0 spiro atoms. The van der Waals surface area contributed by atoms with Crippen molar-refractivity contribution in [2.45, 2.75) is 5.92 Å². The Morgan fingerprint density at radius 3 is 2.59 bits per heavy atom. The second-order valence-corrected chi connectivity index (χ2v) is 6.84. The van der Waals surface area contributed by atoms with Crippen LogP contribution in [0.15, 0.2) is 49.2 Å². The van der Waals surface area contributed by atoms with Gasteiger partial charge in [0.05, 0.1) is 23.5 Å². The number of fused-ring (bicyclic) bond motifs is 1. The lowest BCUT2D eigenvalue weighted by atomic mass is 9.96. The lowest BCUT2D eigenvalue weighted by molar-refractivity contribution is 0.440. The van der Waals surface area contributed by atoms with Crippen molar-refractivity contribution < 1.29 is 0 Å². The van der Waals surface area contributed by atoms with Crippen molar-refractivity contribution in [3.05, 3.63) is 60.4 Å². The van der Waals surface area contributed by atoms with Crippen molar-refractivity contribution in [2.75, 3.05) is 13.1 Å². The highest BCUT2D eigenvalue weighted by Gasteiger charge is 2.20. The van der Waals surface area contributed by atoms with Crippen molar-refractivity contribution in [2.24, 2.45) is 7.05 Å². The zero-order valence-electron chi connectivity index (χ0n) is 14.8. The summed E-state index contributed by atoms with van der Waals surface area (Å²) in [6, 6.07) is 8.48. The van der Waals surface area contributed by atoms with Gasteiger partial charge in [0.1, 0.15) is 6.07 Å². The fourth-order valence-corrected chi connectivity index (χ4v) is 3.46. The molecule has 132 valence electrons. The van der Waals surface area contributed by atoms with Crippen molar-refractivity contribution in [3.63, 3.8) is 0 Å². The van der Waals surface area contributed by atoms with Crippen LogP contribution in [0.4, 0.5) is 0 Å². The zero-order valence-corrected chi connectivity index (χ0v) is 14.8. The summed E-state index contributed by atoms with van der Waals surface area (Å²) in [5.41, 5.74) is 6.35. The summed E-state index contributed by atoms with van der Waals surface area (Å²) in [5.74, 6) is 0.491. The van der Waals surface area contributed by atoms with Gasteiger partial charge in [-0.3, -0.25) is 9.67 Å². The molecule has 1 saturated heterocycles. The van der Waals surface area contributed by atoms with Crippen LogP contribution in [-0.4, -0.2) is 37.5 Å². The molecular weight excluding hydrogens is 338 g/mol. The van der Waals surface area contributed by atoms with Gasteiger partial charge in [-0.25, -0.2) is 4.52 Å². The van der Waals surface area contributed by atoms with Crippen LogP contribution < -0.4 is 5.32 Å². The molecule has 7 heteroatoms. The van der Waals surface area contributed by atoms with Crippen LogP contribution in [0.2, 0.25) is 0 Å². The zero-order chi connectivity index (χ0) is 18.4. The van der Waals surface area contributed by atoms with Gasteiger partial charge in [0.25, 0.3) is 0 Å². The molecule has 1 aliphatic rings. The molecule has 0 radical (unpaired) electrons. The Kier molecular flexibility index (Phi) is 3.52. The lowest BCUT2D eigenvalue weighted by Crippen LogP contribution is -2.40. The quantitative estimate of drug-likeness (QED) is 0.610. The highest BCUT2D eigenvalue weighted by Crippen LogP contribution is 2.32. The van der Waals surface area contributed by atoms with E-state index in [2.05, 4.69) is 44.8 Å². The SMILES string of the molecule is Cn1cc(-c2cc(-c3ccc(C4CNC4)nc3)c3c(C#N)cnn3c2)cn1. The Morgan fingerprint density at radius 2 is 1.96 bits per heavy atom. The summed E-state index contributed by atoms with van der Waals surface area (Å²) >= 11 is 0. The molecule has 4 aromatic heterocycles. The molecule has 1 aliphatic heterocycles. The third kappa shape index (κ3) is 2.58. The molecule has 0 aliphatic carbocycles. The van der Waals surface area contributed by atoms with E-state index in [0.29, 0.717) is 11.5 Å². The van der Waals surface area contributed by atoms with Crippen LogP contribution in [0.3, 0.4) is 0 Å². The van der Waals surface area contributed by atoms with Gasteiger partial charge >= 0.3 is 0 Å². The predicted octanol–water partition coefficient (Wildman–Crippen LogP) is 2.36. The topological polar surface area (TPSA) is 83.8 Å². The minimum absolute atomic E-state index is 0.491. The third-order valence-electron chi connectivity index (χ3n) is 5.07. The predicted molar refractivity (Wildman–Crippen MR) is 101 cm³/mol. The molecule has 5 heterocycles. The number of nitriles is 1. The van der Waals surface area contributed by atoms with Gasteiger partial charge < -0.3 is 5.32 Å². The van der Waals surface area contributed by atoms with Crippen LogP contribution in [0.1, 0.15) is 17.2 Å². The van der Waals surface area contributed by atoms with Crippen LogP contribution in [0.5, 0.6) is 0 Å². The first-order valence-corrected chi connectivity index (χ1v) is 8.80. The second-order valence-electron chi connectivity index (χ2n) is 6.84. The van der Waals surface area contributed by atoms with E-state index in [-0.39, 0.29) is 0 Å². The standard InChI is InChI=1S/C20H17N7/c1-26-11-17(10-24-26)14-4-18(20-15(5-21)9-25-27(20)12-14)13-2-3-19(23-8-13)16-6-22-7-16/h2-4,8-12,16,22H,6-7H2,1H3. The number of aromatic nitrogens is 5. The number of nitrogens with zero attached hydrogens (tertiary/aromatic N) is 6. The van der Waals surface area contributed by atoms with E-state index in [1.54, 1.807) is 15.4 Å². The van der Waals surface area contributed by atoms with Gasteiger partial charge in [0, 0.05) is 72.6 Å². The molecule has 0 amide bonds. The largest absolute Gasteiger partial charge is 0.315 e. The summed E-state index contributed by atoms with van der Waals surface area (Å²) in [4.78, 5) is 4.66. The van der Waals surface area contributed by atoms with Crippen molar-refractivity contribution in [1.29, 1.82) is 5.26 Å². The van der Waals surface area contributed by atoms with Crippen LogP contribution >= 0.6 is 0 Å². The maximum Gasteiger partial charge on any atom is 0.103 e. The molecule has 0 bridgehead atoms. The molecule has 0 unspecified atom stereocenters. The minimum Gasteiger partial charge on any atom is -0.315 e. The summed E-state index contributed by atoms with van der Waals surface area (Å²) in [7, 11) is 1.89. The molecule has 4 aromatic rings. The summed E-state index contributed by atoms with van der Waals surface area (Å²) in [6.45, 7) is 1.96. The Hall–Kier alpha value is -3.50. The van der Waals surface area contributed by atoms with E-state index < -0.39 is 0 Å². The first kappa shape index (κ1) is 15.7. The van der Waals surface area contributed by atoms with Crippen molar-refractivity contribution in [1.82, 2.24) is 29.7 Å². The number of hydrogen-bond acceptors (Lipinski definition) is 5. The van der Waals surface area contributed by atoms with E-state index in [1.165, 1.54) is 0 Å². The molecule has 27 heavy (non-hydrogen) atoms. The van der Waals surface area contributed by atoms with E-state index in [1.807, 2.05) is 31.8 Å². The average molecular weight is 355 g/mol. The number of rotatable bonds is 3. The molecule has 5 rings (SSSR count). The average Bonchev–Trinajstić information content (AvgIpc) is 3.26. The van der Waals surface area contributed by atoms with Gasteiger partial charge in [-0.05, 0) is 12.1 Å². The Labute approximate surface area is 155 Å². The molecule has 0 aromatic carbocycles. The molecule has 0 atom stereocenters. The van der Waals surface area contributed by atoms with E-state index in [9.17, 15) is 5.26 Å². The molecular formula is C20H17N7. The maximum atomic E-state index is 9.50. The van der Waals surface area contributed by atoms with E-state index in [0.717, 1.165) is 46.6 Å². The van der Waals surface area contributed by atoms with E-state index in [4.69, 9.17) is 0 Å². The fourth-order valence-electron chi connectivity index (χ4n) is 3.46. The molecule has 1 fully saturated rings. The fraction of sp³-hybridized carbons (Fsp3) is 0.200. The first-order chi connectivity index (χ1) is 13.2. The Bertz CT molecular complexity index is 1170. The molecule has 1 N–H and O–H groups in total. The Morgan fingerprint density at radius 1 is 1.07 bits per heavy atom. The summed E-state index contributed by atoms with van der Waals surface area (Å²) < 4.78 is 3.53. The number of aryl methyl sites for hydroxylation is 1. The summed E-state index contributed by atoms with van der Waals surface area (Å²) in [5, 5.41) is 21.4. The monoisotopic (exact) mass is 355 g/mol. The number of nitrogens with one attached hydrogen (secondary N) is 1. The van der Waals surface area contributed by atoms with Gasteiger partial charge in [0.2, 0.25) is 0 Å². The second kappa shape index (κ2) is 6.04. The number of pyridine rings is 2. The smallest absolute Gasteiger partial charge is 0.103 e. The van der Waals surface area contributed by atoms with Crippen LogP contribution in [-0.2, 0) is 7.05 Å². The molecule has 7 nitrogen and oxygen atoms in total. The third-order valence-corrected chi connectivity index (χ3v) is 5.07. The van der Waals surface area contributed by atoms with Crippen LogP contribution in [0, 0.1) is 11.3 Å². The Balaban J connectivity index is 1.68. The maximum absolute atomic E-state index is 9.50. The van der Waals surface area contributed by atoms with Gasteiger partial charge in [-0.15, -0.1) is 0 Å². The van der Waals surface area contributed by atoms with Crippen molar-refractivity contribution in [3.8, 4) is 28.3 Å². The highest BCUT2D eigenvalue weighted by molar-refractivity contribution is 5.87. The van der Waals surface area contributed by atoms with Gasteiger partial charge in [-0.1, -0.05) is 6.07 Å². The lowest BCUT2D eigenvalue weighted by Gasteiger charge is -2.26. The van der Waals surface area contributed by atoms with E-state index >= 15 is 0 Å². The summed E-state index contributed by atoms with van der Waals surface area (Å²) in [6.07, 6.45) is 9.21.